The van der Waals surface area contributed by atoms with E-state index in [1.54, 1.807) is 11.3 Å². The van der Waals surface area contributed by atoms with E-state index >= 15 is 0 Å². The molecule has 0 bridgehead atoms. The van der Waals surface area contributed by atoms with Gasteiger partial charge in [-0.1, -0.05) is 41.9 Å². The number of halogens is 1. The van der Waals surface area contributed by atoms with Crippen LogP contribution in [0.5, 0.6) is 0 Å². The lowest BCUT2D eigenvalue weighted by Gasteiger charge is -1.96. The van der Waals surface area contributed by atoms with Crippen molar-refractivity contribution in [2.24, 2.45) is 0 Å². The Hall–Kier alpha value is -0.790. The van der Waals surface area contributed by atoms with Gasteiger partial charge in [0.25, 0.3) is 0 Å². The van der Waals surface area contributed by atoms with Gasteiger partial charge in [0.1, 0.15) is 0 Å². The first-order valence-corrected chi connectivity index (χ1v) is 4.92. The zero-order chi connectivity index (χ0) is 8.39. The van der Waals surface area contributed by atoms with Crippen molar-refractivity contribution in [1.82, 2.24) is 0 Å². The van der Waals surface area contributed by atoms with E-state index < -0.39 is 0 Å². The van der Waals surface area contributed by atoms with Crippen LogP contribution < -0.4 is 0 Å². The number of hydrogen-bond donors (Lipinski definition) is 0. The van der Waals surface area contributed by atoms with Crippen LogP contribution in [0.3, 0.4) is 0 Å². The summed E-state index contributed by atoms with van der Waals surface area (Å²) in [5.74, 6) is 0. The molecule has 0 amide bonds. The second-order valence-corrected chi connectivity index (χ2v) is 3.79. The molecule has 1 aromatic carbocycles. The van der Waals surface area contributed by atoms with Gasteiger partial charge in [-0.05, 0) is 17.0 Å². The van der Waals surface area contributed by atoms with Crippen LogP contribution >= 0.6 is 22.9 Å². The van der Waals surface area contributed by atoms with Gasteiger partial charge in [0, 0.05) is 0 Å². The van der Waals surface area contributed by atoms with E-state index in [2.05, 4.69) is 12.1 Å². The minimum atomic E-state index is 0.839. The maximum absolute atomic E-state index is 5.98. The number of hydrogen-bond acceptors (Lipinski definition) is 1. The Balaban J connectivity index is 2.51. The maximum Gasteiger partial charge on any atom is 0.0592 e. The fourth-order valence-corrected chi connectivity index (χ4v) is 2.26. The van der Waals surface area contributed by atoms with Gasteiger partial charge in [-0.3, -0.25) is 0 Å². The third-order valence-corrected chi connectivity index (χ3v) is 3.04. The Morgan fingerprint density at radius 3 is 2.33 bits per heavy atom. The highest BCUT2D eigenvalue weighted by Crippen LogP contribution is 2.32. The van der Waals surface area contributed by atoms with E-state index in [1.807, 2.05) is 29.6 Å². The van der Waals surface area contributed by atoms with E-state index in [0.29, 0.717) is 0 Å². The van der Waals surface area contributed by atoms with E-state index in [0.717, 1.165) is 9.90 Å². The zero-order valence-electron chi connectivity index (χ0n) is 6.33. The molecule has 0 aliphatic rings. The van der Waals surface area contributed by atoms with Crippen LogP contribution in [0.1, 0.15) is 0 Å². The largest absolute Gasteiger partial charge is 0.142 e. The number of rotatable bonds is 1. The summed E-state index contributed by atoms with van der Waals surface area (Å²) in [7, 11) is 0. The molecule has 0 fully saturated rings. The molecule has 0 nitrogen and oxygen atoms in total. The van der Waals surface area contributed by atoms with Crippen LogP contribution in [0.25, 0.3) is 10.4 Å². The van der Waals surface area contributed by atoms with Gasteiger partial charge in [-0.25, -0.2) is 0 Å². The minimum absolute atomic E-state index is 0.839. The van der Waals surface area contributed by atoms with Crippen molar-refractivity contribution in [1.29, 1.82) is 0 Å². The van der Waals surface area contributed by atoms with Gasteiger partial charge in [0.15, 0.2) is 0 Å². The van der Waals surface area contributed by atoms with E-state index in [-0.39, 0.29) is 0 Å². The summed E-state index contributed by atoms with van der Waals surface area (Å²) in [5.41, 5.74) is 1.19. The highest BCUT2D eigenvalue weighted by Gasteiger charge is 2.02. The molecule has 0 unspecified atom stereocenters. The minimum Gasteiger partial charge on any atom is -0.142 e. The lowest BCUT2D eigenvalue weighted by atomic mass is 10.2. The first-order chi connectivity index (χ1) is 5.88. The summed E-state index contributed by atoms with van der Waals surface area (Å²) >= 11 is 7.66. The third kappa shape index (κ3) is 1.38. The first-order valence-electron chi connectivity index (χ1n) is 3.66. The molecule has 0 radical (unpaired) electrons. The molecule has 0 N–H and O–H groups in total. The molecule has 0 atom stereocenters. The molecule has 12 heavy (non-hydrogen) atoms. The first kappa shape index (κ1) is 7.84. The van der Waals surface area contributed by atoms with Crippen LogP contribution in [0.4, 0.5) is 0 Å². The number of benzene rings is 1. The van der Waals surface area contributed by atoms with Crippen LogP contribution in [0.15, 0.2) is 41.8 Å². The quantitative estimate of drug-likeness (QED) is 0.642. The molecule has 2 rings (SSSR count). The normalized spacial score (nSPS) is 10.1. The zero-order valence-corrected chi connectivity index (χ0v) is 7.90. The fourth-order valence-electron chi connectivity index (χ4n) is 1.09. The smallest absolute Gasteiger partial charge is 0.0592 e. The van der Waals surface area contributed by atoms with Crippen LogP contribution in [-0.4, -0.2) is 0 Å². The van der Waals surface area contributed by atoms with Gasteiger partial charge in [-0.2, -0.15) is 0 Å². The van der Waals surface area contributed by atoms with Crippen molar-refractivity contribution in [3.8, 4) is 10.4 Å². The van der Waals surface area contributed by atoms with Gasteiger partial charge < -0.3 is 0 Å². The molecule has 2 heteroatoms. The highest BCUT2D eigenvalue weighted by atomic mass is 35.5. The Bertz CT molecular complexity index is 364. The maximum atomic E-state index is 5.98. The topological polar surface area (TPSA) is 0 Å². The average molecular weight is 195 g/mol. The van der Waals surface area contributed by atoms with Crippen molar-refractivity contribution in [2.45, 2.75) is 0 Å². The highest BCUT2D eigenvalue weighted by molar-refractivity contribution is 7.14. The molecule has 1 aromatic heterocycles. The molecule has 0 spiro atoms. The van der Waals surface area contributed by atoms with Crippen molar-refractivity contribution < 1.29 is 0 Å². The molecule has 0 saturated heterocycles. The summed E-state index contributed by atoms with van der Waals surface area (Å²) in [6, 6.07) is 12.1. The summed E-state index contributed by atoms with van der Waals surface area (Å²) in [4.78, 5) is 1.15. The predicted molar refractivity (Wildman–Crippen MR) is 54.8 cm³/mol. The van der Waals surface area contributed by atoms with Crippen LogP contribution in [0.2, 0.25) is 5.02 Å². The van der Waals surface area contributed by atoms with Gasteiger partial charge >= 0.3 is 0 Å². The Morgan fingerprint density at radius 2 is 1.75 bits per heavy atom. The standard InChI is InChI=1S/C10H7ClS/c11-9-6-7-12-10(9)8-4-2-1-3-5-8/h1-7H. The SMILES string of the molecule is Clc1ccsc1-c1ccccc1. The molecule has 0 aliphatic carbocycles. The lowest BCUT2D eigenvalue weighted by Crippen LogP contribution is -1.69. The van der Waals surface area contributed by atoms with E-state index in [1.165, 1.54) is 5.56 Å². The lowest BCUT2D eigenvalue weighted by molar-refractivity contribution is 1.70. The predicted octanol–water partition coefficient (Wildman–Crippen LogP) is 4.07. The second-order valence-electron chi connectivity index (χ2n) is 2.46. The Kier molecular flexibility index (Phi) is 2.15. The van der Waals surface area contributed by atoms with Crippen molar-refractivity contribution in [3.63, 3.8) is 0 Å². The molecular formula is C10H7ClS. The van der Waals surface area contributed by atoms with E-state index in [9.17, 15) is 0 Å². The monoisotopic (exact) mass is 194 g/mol. The summed E-state index contributed by atoms with van der Waals surface area (Å²) in [6.45, 7) is 0. The molecule has 0 aliphatic heterocycles. The van der Waals surface area contributed by atoms with E-state index in [4.69, 9.17) is 11.6 Å². The summed E-state index contributed by atoms with van der Waals surface area (Å²) < 4.78 is 0. The van der Waals surface area contributed by atoms with Crippen LogP contribution in [0, 0.1) is 0 Å². The summed E-state index contributed by atoms with van der Waals surface area (Å²) in [6.07, 6.45) is 0. The molecular weight excluding hydrogens is 188 g/mol. The Labute approximate surface area is 80.4 Å². The van der Waals surface area contributed by atoms with Crippen molar-refractivity contribution in [2.75, 3.05) is 0 Å². The van der Waals surface area contributed by atoms with Crippen LogP contribution in [-0.2, 0) is 0 Å². The van der Waals surface area contributed by atoms with Gasteiger partial charge in [-0.15, -0.1) is 11.3 Å². The van der Waals surface area contributed by atoms with Gasteiger partial charge in [0.2, 0.25) is 0 Å². The Morgan fingerprint density at radius 1 is 1.00 bits per heavy atom. The molecule has 2 aromatic rings. The van der Waals surface area contributed by atoms with Crippen molar-refractivity contribution in [3.05, 3.63) is 46.8 Å². The fraction of sp³-hybridized carbons (Fsp3) is 0. The summed E-state index contributed by atoms with van der Waals surface area (Å²) in [5, 5.41) is 2.84. The molecule has 60 valence electrons. The van der Waals surface area contributed by atoms with Crippen molar-refractivity contribution >= 4 is 22.9 Å². The third-order valence-electron chi connectivity index (χ3n) is 1.65. The molecule has 0 saturated carbocycles. The molecule has 1 heterocycles. The second kappa shape index (κ2) is 3.30. The number of thiophene rings is 1. The van der Waals surface area contributed by atoms with Gasteiger partial charge in [0.05, 0.1) is 9.90 Å². The average Bonchev–Trinajstić information content (AvgIpc) is 2.53.